The SMILES string of the molecule is O=C1CC(Br)CN1c1cc(C2CC2)nn1-c1ccccc1. The maximum absolute atomic E-state index is 12.2. The van der Waals surface area contributed by atoms with Crippen molar-refractivity contribution >= 4 is 27.7 Å². The molecule has 2 fully saturated rings. The molecule has 2 aliphatic rings. The Labute approximate surface area is 131 Å². The summed E-state index contributed by atoms with van der Waals surface area (Å²) in [7, 11) is 0. The third-order valence-corrected chi connectivity index (χ3v) is 4.67. The number of nitrogens with zero attached hydrogens (tertiary/aromatic N) is 3. The van der Waals surface area contributed by atoms with Gasteiger partial charge < -0.3 is 0 Å². The number of aromatic nitrogens is 2. The third-order valence-electron chi connectivity index (χ3n) is 4.06. The predicted octanol–water partition coefficient (Wildman–Crippen LogP) is 3.25. The second kappa shape index (κ2) is 4.98. The Bertz CT molecular complexity index is 678. The Morgan fingerprint density at radius 3 is 2.57 bits per heavy atom. The molecule has 1 unspecified atom stereocenters. The van der Waals surface area contributed by atoms with Gasteiger partial charge in [0.05, 0.1) is 11.4 Å². The second-order valence-electron chi connectivity index (χ2n) is 5.75. The summed E-state index contributed by atoms with van der Waals surface area (Å²) in [5, 5.41) is 4.75. The van der Waals surface area contributed by atoms with Crippen LogP contribution in [-0.2, 0) is 4.79 Å². The van der Waals surface area contributed by atoms with Crippen LogP contribution in [0.2, 0.25) is 0 Å². The molecule has 0 radical (unpaired) electrons. The number of carbonyl (C=O) groups excluding carboxylic acids is 1. The fourth-order valence-corrected chi connectivity index (χ4v) is 3.37. The maximum atomic E-state index is 12.2. The molecule has 1 saturated heterocycles. The molecule has 1 aromatic carbocycles. The first-order chi connectivity index (χ1) is 10.2. The van der Waals surface area contributed by atoms with Crippen LogP contribution in [0.5, 0.6) is 0 Å². The largest absolute Gasteiger partial charge is 0.296 e. The highest BCUT2D eigenvalue weighted by Crippen LogP contribution is 2.41. The van der Waals surface area contributed by atoms with Gasteiger partial charge in [-0.1, -0.05) is 34.1 Å². The van der Waals surface area contributed by atoms with Crippen LogP contribution in [0, 0.1) is 0 Å². The first kappa shape index (κ1) is 13.1. The smallest absolute Gasteiger partial charge is 0.229 e. The molecule has 4 nitrogen and oxygen atoms in total. The van der Waals surface area contributed by atoms with Gasteiger partial charge in [-0.15, -0.1) is 0 Å². The van der Waals surface area contributed by atoms with Crippen molar-refractivity contribution in [3.63, 3.8) is 0 Å². The number of amides is 1. The number of benzene rings is 1. The minimum atomic E-state index is 0.163. The molecule has 4 rings (SSSR count). The van der Waals surface area contributed by atoms with Crippen LogP contribution in [0.15, 0.2) is 36.4 Å². The van der Waals surface area contributed by atoms with E-state index in [2.05, 4.69) is 22.0 Å². The first-order valence-electron chi connectivity index (χ1n) is 7.32. The van der Waals surface area contributed by atoms with E-state index in [1.807, 2.05) is 39.9 Å². The average molecular weight is 346 g/mol. The number of halogens is 1. The van der Waals surface area contributed by atoms with E-state index >= 15 is 0 Å². The zero-order valence-corrected chi connectivity index (χ0v) is 13.2. The van der Waals surface area contributed by atoms with Crippen LogP contribution in [0.25, 0.3) is 5.69 Å². The van der Waals surface area contributed by atoms with E-state index in [0.717, 1.165) is 17.2 Å². The standard InChI is InChI=1S/C16H16BrN3O/c17-12-8-16(21)19(10-12)15-9-14(11-6-7-11)18-20(15)13-4-2-1-3-5-13/h1-5,9,11-12H,6-8,10H2. The van der Waals surface area contributed by atoms with Gasteiger partial charge in [0.2, 0.25) is 5.91 Å². The first-order valence-corrected chi connectivity index (χ1v) is 8.24. The van der Waals surface area contributed by atoms with Crippen molar-refractivity contribution in [3.8, 4) is 5.69 Å². The lowest BCUT2D eigenvalue weighted by atomic mass is 10.3. The molecule has 1 aliphatic heterocycles. The number of anilines is 1. The van der Waals surface area contributed by atoms with E-state index in [1.54, 1.807) is 0 Å². The highest BCUT2D eigenvalue weighted by molar-refractivity contribution is 9.09. The molecular weight excluding hydrogens is 330 g/mol. The van der Waals surface area contributed by atoms with Gasteiger partial charge in [-0.2, -0.15) is 5.10 Å². The van der Waals surface area contributed by atoms with E-state index in [-0.39, 0.29) is 10.7 Å². The predicted molar refractivity (Wildman–Crippen MR) is 85.2 cm³/mol. The Morgan fingerprint density at radius 1 is 1.19 bits per heavy atom. The summed E-state index contributed by atoms with van der Waals surface area (Å²) >= 11 is 3.55. The molecule has 1 amide bonds. The van der Waals surface area contributed by atoms with Crippen LogP contribution in [0.1, 0.15) is 30.9 Å². The molecule has 21 heavy (non-hydrogen) atoms. The summed E-state index contributed by atoms with van der Waals surface area (Å²) in [6.45, 7) is 0.710. The van der Waals surface area contributed by atoms with Crippen molar-refractivity contribution in [1.29, 1.82) is 0 Å². The molecule has 2 aromatic rings. The summed E-state index contributed by atoms with van der Waals surface area (Å²) in [4.78, 5) is 14.3. The van der Waals surface area contributed by atoms with Crippen molar-refractivity contribution in [2.24, 2.45) is 0 Å². The van der Waals surface area contributed by atoms with Crippen molar-refractivity contribution in [1.82, 2.24) is 9.78 Å². The summed E-state index contributed by atoms with van der Waals surface area (Å²) in [6, 6.07) is 12.1. The van der Waals surface area contributed by atoms with Crippen molar-refractivity contribution in [3.05, 3.63) is 42.1 Å². The summed E-state index contributed by atoms with van der Waals surface area (Å²) in [6.07, 6.45) is 2.97. The zero-order chi connectivity index (χ0) is 14.4. The van der Waals surface area contributed by atoms with E-state index in [9.17, 15) is 4.79 Å². The molecule has 108 valence electrons. The minimum Gasteiger partial charge on any atom is -0.296 e. The topological polar surface area (TPSA) is 38.1 Å². The highest BCUT2D eigenvalue weighted by Gasteiger charge is 2.34. The molecule has 1 atom stereocenters. The van der Waals surface area contributed by atoms with E-state index in [0.29, 0.717) is 18.9 Å². The Kier molecular flexibility index (Phi) is 3.10. The number of hydrogen-bond acceptors (Lipinski definition) is 2. The molecular formula is C16H16BrN3O. The fourth-order valence-electron chi connectivity index (χ4n) is 2.80. The number of para-hydroxylation sites is 1. The Hall–Kier alpha value is -1.62. The highest BCUT2D eigenvalue weighted by atomic mass is 79.9. The van der Waals surface area contributed by atoms with Gasteiger partial charge in [0, 0.05) is 29.8 Å². The van der Waals surface area contributed by atoms with Gasteiger partial charge in [0.15, 0.2) is 0 Å². The van der Waals surface area contributed by atoms with Gasteiger partial charge in [0.25, 0.3) is 0 Å². The Balaban J connectivity index is 1.79. The lowest BCUT2D eigenvalue weighted by Gasteiger charge is -2.17. The summed E-state index contributed by atoms with van der Waals surface area (Å²) in [5.41, 5.74) is 2.12. The van der Waals surface area contributed by atoms with Gasteiger partial charge in [-0.05, 0) is 25.0 Å². The Morgan fingerprint density at radius 2 is 1.95 bits per heavy atom. The van der Waals surface area contributed by atoms with Crippen molar-refractivity contribution < 1.29 is 4.79 Å². The maximum Gasteiger partial charge on any atom is 0.229 e. The lowest BCUT2D eigenvalue weighted by Crippen LogP contribution is -2.27. The second-order valence-corrected chi connectivity index (χ2v) is 7.05. The average Bonchev–Trinajstić information content (AvgIpc) is 3.16. The van der Waals surface area contributed by atoms with Crippen LogP contribution < -0.4 is 4.90 Å². The minimum absolute atomic E-state index is 0.163. The molecule has 0 spiro atoms. The molecule has 0 N–H and O–H groups in total. The van der Waals surface area contributed by atoms with Gasteiger partial charge in [-0.3, -0.25) is 9.69 Å². The summed E-state index contributed by atoms with van der Waals surface area (Å²) in [5.74, 6) is 1.64. The molecule has 1 aromatic heterocycles. The number of alkyl halides is 1. The van der Waals surface area contributed by atoms with Gasteiger partial charge in [0.1, 0.15) is 5.82 Å². The van der Waals surface area contributed by atoms with E-state index in [1.165, 1.54) is 12.8 Å². The molecule has 5 heteroatoms. The number of hydrogen-bond donors (Lipinski definition) is 0. The van der Waals surface area contributed by atoms with Crippen LogP contribution in [0.3, 0.4) is 0 Å². The van der Waals surface area contributed by atoms with E-state index < -0.39 is 0 Å². The monoisotopic (exact) mass is 345 g/mol. The van der Waals surface area contributed by atoms with Gasteiger partial charge >= 0.3 is 0 Å². The van der Waals surface area contributed by atoms with Crippen molar-refractivity contribution in [2.75, 3.05) is 11.4 Å². The normalized spacial score (nSPS) is 22.0. The van der Waals surface area contributed by atoms with Gasteiger partial charge in [-0.25, -0.2) is 4.68 Å². The summed E-state index contributed by atoms with van der Waals surface area (Å²) < 4.78 is 1.91. The third kappa shape index (κ3) is 2.39. The van der Waals surface area contributed by atoms with Crippen LogP contribution in [-0.4, -0.2) is 27.1 Å². The molecule has 0 bridgehead atoms. The fraction of sp³-hybridized carbons (Fsp3) is 0.375. The number of rotatable bonds is 3. The van der Waals surface area contributed by atoms with E-state index in [4.69, 9.17) is 5.10 Å². The molecule has 2 heterocycles. The zero-order valence-electron chi connectivity index (χ0n) is 11.6. The number of carbonyl (C=O) groups is 1. The quantitative estimate of drug-likeness (QED) is 0.801. The van der Waals surface area contributed by atoms with Crippen LogP contribution in [0.4, 0.5) is 5.82 Å². The molecule has 1 aliphatic carbocycles. The lowest BCUT2D eigenvalue weighted by molar-refractivity contribution is -0.117. The van der Waals surface area contributed by atoms with Crippen molar-refractivity contribution in [2.45, 2.75) is 30.0 Å². The van der Waals surface area contributed by atoms with Crippen LogP contribution >= 0.6 is 15.9 Å². The molecule has 1 saturated carbocycles.